The van der Waals surface area contributed by atoms with Gasteiger partial charge in [0.05, 0.1) is 6.61 Å². The molecule has 2 N–H and O–H groups in total. The summed E-state index contributed by atoms with van der Waals surface area (Å²) < 4.78 is 15.8. The Morgan fingerprint density at radius 3 is 2.14 bits per heavy atom. The quantitative estimate of drug-likeness (QED) is 0.530. The maximum absolute atomic E-state index is 12.0. The van der Waals surface area contributed by atoms with Crippen LogP contribution in [0.25, 0.3) is 0 Å². The van der Waals surface area contributed by atoms with Crippen molar-refractivity contribution < 1.29 is 28.6 Å². The van der Waals surface area contributed by atoms with Crippen molar-refractivity contribution in [2.45, 2.75) is 20.0 Å². The average Bonchev–Trinajstić information content (AvgIpc) is 2.72. The number of esters is 1. The van der Waals surface area contributed by atoms with Crippen LogP contribution in [0.2, 0.25) is 0 Å². The van der Waals surface area contributed by atoms with Gasteiger partial charge in [0.15, 0.2) is 24.2 Å². The normalized spacial score (nSPS) is 11.1. The number of rotatable bonds is 8. The number of carbonyl (C=O) groups is 3. The predicted octanol–water partition coefficient (Wildman–Crippen LogP) is 1.86. The van der Waals surface area contributed by atoms with Crippen molar-refractivity contribution in [1.82, 2.24) is 10.9 Å². The van der Waals surface area contributed by atoms with Crippen molar-refractivity contribution in [2.75, 3.05) is 13.2 Å². The van der Waals surface area contributed by atoms with Crippen molar-refractivity contribution in [3.05, 3.63) is 60.2 Å². The predicted molar refractivity (Wildman–Crippen MR) is 101 cm³/mol. The molecule has 0 heterocycles. The van der Waals surface area contributed by atoms with Gasteiger partial charge in [-0.1, -0.05) is 30.3 Å². The first-order valence-corrected chi connectivity index (χ1v) is 8.70. The Morgan fingerprint density at radius 2 is 1.50 bits per heavy atom. The zero-order valence-electron chi connectivity index (χ0n) is 15.6. The third-order valence-corrected chi connectivity index (χ3v) is 3.51. The van der Waals surface area contributed by atoms with Gasteiger partial charge in [-0.3, -0.25) is 20.4 Å². The van der Waals surface area contributed by atoms with Crippen molar-refractivity contribution >= 4 is 17.8 Å². The summed E-state index contributed by atoms with van der Waals surface area (Å²) in [7, 11) is 0. The Balaban J connectivity index is 1.77. The van der Waals surface area contributed by atoms with Crippen LogP contribution in [0.4, 0.5) is 0 Å². The summed E-state index contributed by atoms with van der Waals surface area (Å²) in [5.74, 6) is -0.986. The summed E-state index contributed by atoms with van der Waals surface area (Å²) in [6.07, 6.45) is -1.12. The standard InChI is InChI=1S/C20H22N2O6/c1-3-26-16-11-7-8-12-17(16)27-13-18(23)28-14(2)19(24)21-22-20(25)15-9-5-4-6-10-15/h4-12,14H,3,13H2,1-2H3,(H,21,24)(H,22,25)/t14-/m0/s1. The van der Waals surface area contributed by atoms with E-state index in [1.165, 1.54) is 6.92 Å². The molecule has 2 aromatic rings. The van der Waals surface area contributed by atoms with Gasteiger partial charge in [-0.05, 0) is 38.1 Å². The van der Waals surface area contributed by atoms with Crippen LogP contribution < -0.4 is 20.3 Å². The molecule has 0 spiro atoms. The molecule has 0 saturated heterocycles. The van der Waals surface area contributed by atoms with E-state index in [1.54, 1.807) is 54.6 Å². The molecule has 0 aliphatic rings. The molecule has 0 unspecified atom stereocenters. The first kappa shape index (κ1) is 20.8. The second-order valence-electron chi connectivity index (χ2n) is 5.61. The lowest BCUT2D eigenvalue weighted by atomic mass is 10.2. The molecule has 28 heavy (non-hydrogen) atoms. The van der Waals surface area contributed by atoms with Gasteiger partial charge in [0.1, 0.15) is 0 Å². The zero-order valence-corrected chi connectivity index (χ0v) is 15.6. The fourth-order valence-corrected chi connectivity index (χ4v) is 2.15. The molecule has 0 saturated carbocycles. The molecule has 0 aliphatic heterocycles. The number of nitrogens with one attached hydrogen (secondary N) is 2. The molecule has 2 rings (SSSR count). The third-order valence-electron chi connectivity index (χ3n) is 3.51. The Morgan fingerprint density at radius 1 is 0.893 bits per heavy atom. The lowest BCUT2D eigenvalue weighted by molar-refractivity contribution is -0.156. The lowest BCUT2D eigenvalue weighted by Crippen LogP contribution is -2.47. The van der Waals surface area contributed by atoms with Crippen LogP contribution in [-0.4, -0.2) is 37.1 Å². The fourth-order valence-electron chi connectivity index (χ4n) is 2.15. The van der Waals surface area contributed by atoms with Gasteiger partial charge < -0.3 is 14.2 Å². The van der Waals surface area contributed by atoms with Crippen molar-refractivity contribution in [2.24, 2.45) is 0 Å². The van der Waals surface area contributed by atoms with Crippen LogP contribution in [-0.2, 0) is 14.3 Å². The minimum absolute atomic E-state index is 0.383. The Labute approximate surface area is 162 Å². The van der Waals surface area contributed by atoms with E-state index >= 15 is 0 Å². The van der Waals surface area contributed by atoms with Gasteiger partial charge in [0.25, 0.3) is 11.8 Å². The molecule has 0 fully saturated rings. The number of benzene rings is 2. The monoisotopic (exact) mass is 386 g/mol. The smallest absolute Gasteiger partial charge is 0.344 e. The van der Waals surface area contributed by atoms with E-state index < -0.39 is 30.5 Å². The highest BCUT2D eigenvalue weighted by atomic mass is 16.6. The van der Waals surface area contributed by atoms with E-state index in [4.69, 9.17) is 14.2 Å². The van der Waals surface area contributed by atoms with E-state index in [-0.39, 0.29) is 0 Å². The summed E-state index contributed by atoms with van der Waals surface area (Å²) >= 11 is 0. The molecule has 0 radical (unpaired) electrons. The summed E-state index contributed by atoms with van der Waals surface area (Å²) in [6.45, 7) is 3.28. The fraction of sp³-hybridized carbons (Fsp3) is 0.250. The van der Waals surface area contributed by atoms with E-state index in [0.717, 1.165) is 0 Å². The molecule has 0 aliphatic carbocycles. The number of hydrogen-bond acceptors (Lipinski definition) is 6. The minimum Gasteiger partial charge on any atom is -0.490 e. The molecule has 148 valence electrons. The Bertz CT molecular complexity index is 809. The van der Waals surface area contributed by atoms with Crippen LogP contribution in [0, 0.1) is 0 Å². The van der Waals surface area contributed by atoms with E-state index in [9.17, 15) is 14.4 Å². The highest BCUT2D eigenvalue weighted by Gasteiger charge is 2.19. The van der Waals surface area contributed by atoms with Crippen LogP contribution in [0.15, 0.2) is 54.6 Å². The van der Waals surface area contributed by atoms with Crippen LogP contribution in [0.1, 0.15) is 24.2 Å². The van der Waals surface area contributed by atoms with Crippen molar-refractivity contribution in [3.8, 4) is 11.5 Å². The molecular weight excluding hydrogens is 364 g/mol. The summed E-state index contributed by atoms with van der Waals surface area (Å²) in [5.41, 5.74) is 4.85. The largest absolute Gasteiger partial charge is 0.490 e. The van der Waals surface area contributed by atoms with Gasteiger partial charge in [0, 0.05) is 5.56 Å². The van der Waals surface area contributed by atoms with Crippen molar-refractivity contribution in [1.29, 1.82) is 0 Å². The molecular formula is C20H22N2O6. The number of carbonyl (C=O) groups excluding carboxylic acids is 3. The lowest BCUT2D eigenvalue weighted by Gasteiger charge is -2.15. The maximum atomic E-state index is 12.0. The number of hydrazine groups is 1. The second-order valence-corrected chi connectivity index (χ2v) is 5.61. The van der Waals surface area contributed by atoms with E-state index in [2.05, 4.69) is 10.9 Å². The first-order chi connectivity index (χ1) is 13.5. The minimum atomic E-state index is -1.12. The highest BCUT2D eigenvalue weighted by molar-refractivity contribution is 5.95. The molecule has 0 aromatic heterocycles. The van der Waals surface area contributed by atoms with Gasteiger partial charge in [-0.2, -0.15) is 0 Å². The Kier molecular flexibility index (Phi) is 7.83. The van der Waals surface area contributed by atoms with E-state index in [1.807, 2.05) is 6.92 Å². The summed E-state index contributed by atoms with van der Waals surface area (Å²) in [5, 5.41) is 0. The molecule has 8 heteroatoms. The number of amides is 2. The average molecular weight is 386 g/mol. The molecule has 1 atom stereocenters. The molecule has 2 amide bonds. The number of hydrogen-bond donors (Lipinski definition) is 2. The van der Waals surface area contributed by atoms with Gasteiger partial charge in [-0.15, -0.1) is 0 Å². The van der Waals surface area contributed by atoms with Crippen LogP contribution in [0.5, 0.6) is 11.5 Å². The summed E-state index contributed by atoms with van der Waals surface area (Å²) in [4.78, 5) is 35.7. The second kappa shape index (κ2) is 10.6. The van der Waals surface area contributed by atoms with Gasteiger partial charge >= 0.3 is 5.97 Å². The first-order valence-electron chi connectivity index (χ1n) is 8.70. The topological polar surface area (TPSA) is 103 Å². The Hall–Kier alpha value is -3.55. The zero-order chi connectivity index (χ0) is 20.4. The number of ether oxygens (including phenoxy) is 3. The number of para-hydroxylation sites is 2. The third kappa shape index (κ3) is 6.31. The molecule has 8 nitrogen and oxygen atoms in total. The van der Waals surface area contributed by atoms with Gasteiger partial charge in [0.2, 0.25) is 0 Å². The van der Waals surface area contributed by atoms with E-state index in [0.29, 0.717) is 23.7 Å². The highest BCUT2D eigenvalue weighted by Crippen LogP contribution is 2.26. The van der Waals surface area contributed by atoms with Gasteiger partial charge in [-0.25, -0.2) is 4.79 Å². The summed E-state index contributed by atoms with van der Waals surface area (Å²) in [6, 6.07) is 15.3. The van der Waals surface area contributed by atoms with Crippen LogP contribution >= 0.6 is 0 Å². The maximum Gasteiger partial charge on any atom is 0.344 e. The SMILES string of the molecule is CCOc1ccccc1OCC(=O)O[C@@H](C)C(=O)NNC(=O)c1ccccc1. The van der Waals surface area contributed by atoms with Crippen LogP contribution in [0.3, 0.4) is 0 Å². The van der Waals surface area contributed by atoms with Crippen molar-refractivity contribution in [3.63, 3.8) is 0 Å². The molecule has 2 aromatic carbocycles. The molecule has 0 bridgehead atoms.